The van der Waals surface area contributed by atoms with Crippen LogP contribution in [0, 0.1) is 11.3 Å². The lowest BCUT2D eigenvalue weighted by molar-refractivity contribution is -0.146. The molecule has 2 aromatic rings. The van der Waals surface area contributed by atoms with E-state index >= 15 is 0 Å². The summed E-state index contributed by atoms with van der Waals surface area (Å²) in [7, 11) is 0. The zero-order chi connectivity index (χ0) is 18.7. The Morgan fingerprint density at radius 2 is 1.88 bits per heavy atom. The van der Waals surface area contributed by atoms with Crippen LogP contribution in [0.3, 0.4) is 0 Å². The molecule has 1 aromatic carbocycles. The van der Waals surface area contributed by atoms with Gasteiger partial charge in [0.2, 0.25) is 0 Å². The molecule has 1 saturated heterocycles. The predicted octanol–water partition coefficient (Wildman–Crippen LogP) is 1.28. The van der Waals surface area contributed by atoms with Gasteiger partial charge in [0, 0.05) is 43.8 Å². The van der Waals surface area contributed by atoms with Crippen LogP contribution in [0.5, 0.6) is 0 Å². The van der Waals surface area contributed by atoms with Crippen molar-refractivity contribution in [2.24, 2.45) is 0 Å². The van der Waals surface area contributed by atoms with E-state index in [1.807, 2.05) is 38.1 Å². The number of anilines is 1. The molecular formula is C19H21N5O2. The van der Waals surface area contributed by atoms with Gasteiger partial charge in [0.25, 0.3) is 0 Å². The van der Waals surface area contributed by atoms with Crippen LogP contribution < -0.4 is 10.2 Å². The number of carbonyl (C=O) groups excluding carboxylic acids is 2. The van der Waals surface area contributed by atoms with Gasteiger partial charge in [0.15, 0.2) is 0 Å². The number of nitrogens with one attached hydrogen (secondary N) is 1. The summed E-state index contributed by atoms with van der Waals surface area (Å²) in [5.41, 5.74) is 2.19. The number of rotatable bonds is 2. The van der Waals surface area contributed by atoms with Crippen LogP contribution in [-0.4, -0.2) is 53.9 Å². The normalized spacial score (nSPS) is 14.4. The van der Waals surface area contributed by atoms with Crippen molar-refractivity contribution in [1.29, 1.82) is 5.26 Å². The number of benzene rings is 1. The molecule has 7 nitrogen and oxygen atoms in total. The first kappa shape index (κ1) is 17.7. The Kier molecular flexibility index (Phi) is 5.03. The van der Waals surface area contributed by atoms with Gasteiger partial charge in [-0.05, 0) is 19.9 Å². The van der Waals surface area contributed by atoms with Gasteiger partial charge >= 0.3 is 11.8 Å². The summed E-state index contributed by atoms with van der Waals surface area (Å²) in [6, 6.07) is 9.83. The molecule has 1 fully saturated rings. The lowest BCUT2D eigenvalue weighted by atomic mass is 10.1. The van der Waals surface area contributed by atoms with Crippen LogP contribution in [0.15, 0.2) is 30.5 Å². The van der Waals surface area contributed by atoms with Gasteiger partial charge in [-0.25, -0.2) is 0 Å². The predicted molar refractivity (Wildman–Crippen MR) is 98.5 cm³/mol. The molecule has 3 rings (SSSR count). The number of aromatic nitrogens is 1. The molecule has 26 heavy (non-hydrogen) atoms. The standard InChI is InChI=1S/C19H21N5O2/c1-13(2)22-18(25)19(26)24-9-7-23(8-10-24)17-14(11-20)12-21-16-6-4-3-5-15(16)17/h3-6,12-13H,7-10H2,1-2H3,(H,22,25). The molecule has 7 heteroatoms. The number of amides is 2. The molecule has 0 unspecified atom stereocenters. The van der Waals surface area contributed by atoms with Crippen LogP contribution in [-0.2, 0) is 9.59 Å². The summed E-state index contributed by atoms with van der Waals surface area (Å²) < 4.78 is 0. The van der Waals surface area contributed by atoms with Gasteiger partial charge in [0.1, 0.15) is 6.07 Å². The number of nitriles is 1. The fourth-order valence-electron chi connectivity index (χ4n) is 3.15. The average Bonchev–Trinajstić information content (AvgIpc) is 2.66. The number of hydrogen-bond acceptors (Lipinski definition) is 5. The number of pyridine rings is 1. The van der Waals surface area contributed by atoms with Crippen molar-refractivity contribution in [1.82, 2.24) is 15.2 Å². The Hall–Kier alpha value is -3.14. The van der Waals surface area contributed by atoms with E-state index in [-0.39, 0.29) is 6.04 Å². The average molecular weight is 351 g/mol. The summed E-state index contributed by atoms with van der Waals surface area (Å²) >= 11 is 0. The highest BCUT2D eigenvalue weighted by atomic mass is 16.2. The minimum absolute atomic E-state index is 0.0749. The number of piperazine rings is 1. The van der Waals surface area contributed by atoms with E-state index in [2.05, 4.69) is 21.3 Å². The number of hydrogen-bond donors (Lipinski definition) is 1. The molecule has 2 heterocycles. The zero-order valence-electron chi connectivity index (χ0n) is 14.9. The highest BCUT2D eigenvalue weighted by molar-refractivity contribution is 6.35. The third kappa shape index (κ3) is 3.45. The number of para-hydroxylation sites is 1. The monoisotopic (exact) mass is 351 g/mol. The molecule has 1 aliphatic heterocycles. The maximum Gasteiger partial charge on any atom is 0.312 e. The first-order valence-electron chi connectivity index (χ1n) is 8.64. The van der Waals surface area contributed by atoms with E-state index in [4.69, 9.17) is 0 Å². The molecule has 1 N–H and O–H groups in total. The van der Waals surface area contributed by atoms with Crippen LogP contribution in [0.25, 0.3) is 10.9 Å². The van der Waals surface area contributed by atoms with E-state index in [1.165, 1.54) is 0 Å². The SMILES string of the molecule is CC(C)NC(=O)C(=O)N1CCN(c2c(C#N)cnc3ccccc23)CC1. The van der Waals surface area contributed by atoms with Crippen LogP contribution in [0.4, 0.5) is 5.69 Å². The molecule has 0 radical (unpaired) electrons. The first-order chi connectivity index (χ1) is 12.5. The zero-order valence-corrected chi connectivity index (χ0v) is 14.9. The third-order valence-electron chi connectivity index (χ3n) is 4.36. The maximum atomic E-state index is 12.2. The minimum atomic E-state index is -0.569. The van der Waals surface area contributed by atoms with Crippen molar-refractivity contribution in [3.8, 4) is 6.07 Å². The van der Waals surface area contributed by atoms with E-state index in [9.17, 15) is 14.9 Å². The van der Waals surface area contributed by atoms with Crippen LogP contribution in [0.1, 0.15) is 19.4 Å². The summed E-state index contributed by atoms with van der Waals surface area (Å²) in [6.07, 6.45) is 1.59. The molecule has 0 saturated carbocycles. The summed E-state index contributed by atoms with van der Waals surface area (Å²) in [6.45, 7) is 5.63. The first-order valence-corrected chi connectivity index (χ1v) is 8.64. The Morgan fingerprint density at radius 3 is 2.54 bits per heavy atom. The fraction of sp³-hybridized carbons (Fsp3) is 0.368. The Bertz CT molecular complexity index is 879. The molecule has 134 valence electrons. The smallest absolute Gasteiger partial charge is 0.312 e. The highest BCUT2D eigenvalue weighted by Crippen LogP contribution is 2.29. The Labute approximate surface area is 152 Å². The second kappa shape index (κ2) is 7.40. The topological polar surface area (TPSA) is 89.3 Å². The maximum absolute atomic E-state index is 12.2. The minimum Gasteiger partial charge on any atom is -0.366 e. The van der Waals surface area contributed by atoms with Gasteiger partial charge in [-0.2, -0.15) is 5.26 Å². The van der Waals surface area contributed by atoms with E-state index in [0.29, 0.717) is 31.7 Å². The van der Waals surface area contributed by atoms with Gasteiger partial charge in [-0.3, -0.25) is 14.6 Å². The molecule has 0 aliphatic carbocycles. The molecule has 0 spiro atoms. The second-order valence-corrected chi connectivity index (χ2v) is 6.56. The van der Waals surface area contributed by atoms with Crippen LogP contribution in [0.2, 0.25) is 0 Å². The summed E-state index contributed by atoms with van der Waals surface area (Å²) in [4.78, 5) is 32.1. The van der Waals surface area contributed by atoms with Crippen molar-refractivity contribution < 1.29 is 9.59 Å². The second-order valence-electron chi connectivity index (χ2n) is 6.56. The Morgan fingerprint density at radius 1 is 1.19 bits per heavy atom. The lowest BCUT2D eigenvalue weighted by Crippen LogP contribution is -2.53. The van der Waals surface area contributed by atoms with E-state index in [1.54, 1.807) is 11.1 Å². The highest BCUT2D eigenvalue weighted by Gasteiger charge is 2.27. The Balaban J connectivity index is 1.79. The lowest BCUT2D eigenvalue weighted by Gasteiger charge is -2.36. The van der Waals surface area contributed by atoms with E-state index < -0.39 is 11.8 Å². The van der Waals surface area contributed by atoms with Crippen LogP contribution >= 0.6 is 0 Å². The van der Waals surface area contributed by atoms with Crippen molar-refractivity contribution in [3.63, 3.8) is 0 Å². The molecule has 2 amide bonds. The van der Waals surface area contributed by atoms with Gasteiger partial charge in [0.05, 0.1) is 16.8 Å². The molecular weight excluding hydrogens is 330 g/mol. The largest absolute Gasteiger partial charge is 0.366 e. The van der Waals surface area contributed by atoms with Gasteiger partial charge < -0.3 is 15.1 Å². The molecule has 0 bridgehead atoms. The molecule has 1 aromatic heterocycles. The van der Waals surface area contributed by atoms with E-state index in [0.717, 1.165) is 16.6 Å². The van der Waals surface area contributed by atoms with Gasteiger partial charge in [-0.1, -0.05) is 18.2 Å². The number of carbonyl (C=O) groups is 2. The number of nitrogens with zero attached hydrogens (tertiary/aromatic N) is 4. The van der Waals surface area contributed by atoms with Crippen molar-refractivity contribution in [2.75, 3.05) is 31.1 Å². The summed E-state index contributed by atoms with van der Waals surface area (Å²) in [5.74, 6) is -1.07. The number of fused-ring (bicyclic) bond motifs is 1. The summed E-state index contributed by atoms with van der Waals surface area (Å²) in [5, 5.41) is 13.0. The third-order valence-corrected chi connectivity index (χ3v) is 4.36. The molecule has 0 atom stereocenters. The van der Waals surface area contributed by atoms with Crippen molar-refractivity contribution >= 4 is 28.4 Å². The van der Waals surface area contributed by atoms with Gasteiger partial charge in [-0.15, -0.1) is 0 Å². The molecule has 1 aliphatic rings. The fourth-order valence-corrected chi connectivity index (χ4v) is 3.15. The van der Waals surface area contributed by atoms with Crippen molar-refractivity contribution in [2.45, 2.75) is 19.9 Å². The quantitative estimate of drug-likeness (QED) is 0.823. The van der Waals surface area contributed by atoms with Crippen molar-refractivity contribution in [3.05, 3.63) is 36.0 Å².